The second-order valence-corrected chi connectivity index (χ2v) is 8.26. The van der Waals surface area contributed by atoms with Gasteiger partial charge >= 0.3 is 0 Å². The van der Waals surface area contributed by atoms with Crippen LogP contribution < -0.4 is 14.2 Å². The molecule has 3 aliphatic heterocycles. The molecule has 0 aromatic heterocycles. The first-order valence-electron chi connectivity index (χ1n) is 9.32. The molecule has 1 aromatic carbocycles. The van der Waals surface area contributed by atoms with Crippen molar-refractivity contribution in [3.63, 3.8) is 0 Å². The molecule has 3 heterocycles. The van der Waals surface area contributed by atoms with Crippen molar-refractivity contribution in [1.29, 1.82) is 0 Å². The summed E-state index contributed by atoms with van der Waals surface area (Å²) in [7, 11) is 0. The van der Waals surface area contributed by atoms with Crippen molar-refractivity contribution in [1.82, 2.24) is 0 Å². The highest BCUT2D eigenvalue weighted by atomic mass is 16.8. The summed E-state index contributed by atoms with van der Waals surface area (Å²) in [4.78, 5) is 12.9. The van der Waals surface area contributed by atoms with Gasteiger partial charge in [0.1, 0.15) is 11.4 Å². The third kappa shape index (κ3) is 1.72. The highest BCUT2D eigenvalue weighted by molar-refractivity contribution is 5.99. The first-order chi connectivity index (χ1) is 12.9. The summed E-state index contributed by atoms with van der Waals surface area (Å²) >= 11 is 0. The van der Waals surface area contributed by atoms with Crippen LogP contribution in [-0.4, -0.2) is 35.9 Å². The monoisotopic (exact) mass is 372 g/mol. The molecule has 7 nitrogen and oxygen atoms in total. The molecule has 1 saturated heterocycles. The Morgan fingerprint density at radius 2 is 1.85 bits per heavy atom. The Labute approximate surface area is 155 Å². The highest BCUT2D eigenvalue weighted by Crippen LogP contribution is 2.64. The zero-order valence-corrected chi connectivity index (χ0v) is 15.1. The van der Waals surface area contributed by atoms with Crippen LogP contribution in [-0.2, 0) is 14.3 Å². The minimum absolute atomic E-state index is 0.0117. The molecule has 1 aromatic rings. The lowest BCUT2D eigenvalue weighted by molar-refractivity contribution is -0.248. The van der Waals surface area contributed by atoms with E-state index in [0.717, 1.165) is 5.56 Å². The molecule has 1 spiro atoms. The fourth-order valence-electron chi connectivity index (χ4n) is 5.60. The molecule has 1 N–H and O–H groups in total. The molecule has 0 amide bonds. The first kappa shape index (κ1) is 15.8. The van der Waals surface area contributed by atoms with E-state index in [1.807, 2.05) is 12.1 Å². The van der Waals surface area contributed by atoms with E-state index in [4.69, 9.17) is 23.7 Å². The molecular weight excluding hydrogens is 352 g/mol. The van der Waals surface area contributed by atoms with E-state index >= 15 is 0 Å². The lowest BCUT2D eigenvalue weighted by Crippen LogP contribution is -2.68. The molecule has 5 aliphatic rings. The van der Waals surface area contributed by atoms with Crippen LogP contribution in [0.25, 0.3) is 0 Å². The zero-order valence-electron chi connectivity index (χ0n) is 15.1. The van der Waals surface area contributed by atoms with Gasteiger partial charge in [0.15, 0.2) is 29.8 Å². The third-order valence-corrected chi connectivity index (χ3v) is 7.03. The molecule has 7 heteroatoms. The standard InChI is InChI=1S/C20H20O7/c1-9-6-19(22)15(21)5-16-20(26-8-25-16)18(19)17(10(9)2)11-3-13-14(24-7-23-13)4-12(11)27-20/h3-5,9-10,17-18,22H,6-8H2,1-2H3. The highest BCUT2D eigenvalue weighted by Gasteiger charge is 2.71. The summed E-state index contributed by atoms with van der Waals surface area (Å²) in [5, 5.41) is 11.5. The van der Waals surface area contributed by atoms with Crippen LogP contribution in [0.2, 0.25) is 0 Å². The summed E-state index contributed by atoms with van der Waals surface area (Å²) in [5.74, 6) is 0.229. The minimum Gasteiger partial charge on any atom is -0.465 e. The van der Waals surface area contributed by atoms with E-state index in [-0.39, 0.29) is 37.1 Å². The minimum atomic E-state index is -1.55. The molecule has 6 unspecified atom stereocenters. The summed E-state index contributed by atoms with van der Waals surface area (Å²) in [5.41, 5.74) is -0.640. The summed E-state index contributed by atoms with van der Waals surface area (Å²) < 4.78 is 29.0. The molecule has 6 rings (SSSR count). The molecule has 0 bridgehead atoms. The number of fused-ring (bicyclic) bond motifs is 3. The predicted molar refractivity (Wildman–Crippen MR) is 90.2 cm³/mol. The Hall–Kier alpha value is -2.25. The fraction of sp³-hybridized carbons (Fsp3) is 0.550. The number of benzene rings is 1. The fourth-order valence-corrected chi connectivity index (χ4v) is 5.60. The van der Waals surface area contributed by atoms with E-state index in [9.17, 15) is 9.90 Å². The van der Waals surface area contributed by atoms with Crippen LogP contribution in [0.4, 0.5) is 0 Å². The van der Waals surface area contributed by atoms with Crippen molar-refractivity contribution in [2.75, 3.05) is 13.6 Å². The lowest BCUT2D eigenvalue weighted by atomic mass is 9.52. The number of carbonyl (C=O) groups is 1. The number of hydrogen-bond donors (Lipinski definition) is 1. The van der Waals surface area contributed by atoms with Gasteiger partial charge in [0.25, 0.3) is 5.79 Å². The van der Waals surface area contributed by atoms with Gasteiger partial charge in [-0.15, -0.1) is 0 Å². The van der Waals surface area contributed by atoms with Gasteiger partial charge in [-0.2, -0.15) is 0 Å². The zero-order chi connectivity index (χ0) is 18.6. The Morgan fingerprint density at radius 1 is 1.07 bits per heavy atom. The van der Waals surface area contributed by atoms with Gasteiger partial charge in [-0.3, -0.25) is 9.53 Å². The van der Waals surface area contributed by atoms with Crippen LogP contribution in [0.5, 0.6) is 17.2 Å². The molecule has 142 valence electrons. The number of hydrogen-bond acceptors (Lipinski definition) is 7. The Kier molecular flexibility index (Phi) is 2.79. The molecule has 6 atom stereocenters. The largest absolute Gasteiger partial charge is 0.465 e. The second-order valence-electron chi connectivity index (χ2n) is 8.26. The smallest absolute Gasteiger partial charge is 0.278 e. The summed E-state index contributed by atoms with van der Waals surface area (Å²) in [6.07, 6.45) is 1.72. The van der Waals surface area contributed by atoms with Gasteiger partial charge in [-0.1, -0.05) is 13.8 Å². The van der Waals surface area contributed by atoms with Crippen molar-refractivity contribution in [2.45, 2.75) is 37.6 Å². The molecule has 1 saturated carbocycles. The van der Waals surface area contributed by atoms with Crippen molar-refractivity contribution in [3.8, 4) is 17.2 Å². The normalized spacial score (nSPS) is 43.1. The first-order valence-corrected chi connectivity index (χ1v) is 9.32. The van der Waals surface area contributed by atoms with Gasteiger partial charge in [0.05, 0.1) is 5.92 Å². The van der Waals surface area contributed by atoms with E-state index in [2.05, 4.69) is 13.8 Å². The SMILES string of the molecule is CC1CC2(O)C(=O)C=C3OCOC34Oc3cc5c(cc3C(C1C)C24)OCO5. The maximum Gasteiger partial charge on any atom is 0.278 e. The maximum absolute atomic E-state index is 12.9. The van der Waals surface area contributed by atoms with E-state index < -0.39 is 17.3 Å². The maximum atomic E-state index is 12.9. The Balaban J connectivity index is 1.64. The molecular formula is C20H20O7. The number of rotatable bonds is 0. The number of ether oxygens (including phenoxy) is 5. The van der Waals surface area contributed by atoms with Crippen molar-refractivity contribution in [3.05, 3.63) is 29.5 Å². The predicted octanol–water partition coefficient (Wildman–Crippen LogP) is 2.08. The average molecular weight is 372 g/mol. The van der Waals surface area contributed by atoms with Crippen molar-refractivity contribution in [2.24, 2.45) is 17.8 Å². The average Bonchev–Trinajstić information content (AvgIpc) is 3.24. The Morgan fingerprint density at radius 3 is 2.67 bits per heavy atom. The van der Waals surface area contributed by atoms with E-state index in [1.165, 1.54) is 6.08 Å². The molecule has 2 fully saturated rings. The number of aliphatic hydroxyl groups is 1. The van der Waals surface area contributed by atoms with Crippen LogP contribution in [0, 0.1) is 17.8 Å². The quantitative estimate of drug-likeness (QED) is 0.746. The topological polar surface area (TPSA) is 83.5 Å². The van der Waals surface area contributed by atoms with Gasteiger partial charge in [-0.05, 0) is 24.3 Å². The van der Waals surface area contributed by atoms with Crippen LogP contribution in [0.3, 0.4) is 0 Å². The van der Waals surface area contributed by atoms with Gasteiger partial charge in [-0.25, -0.2) is 0 Å². The summed E-state index contributed by atoms with van der Waals surface area (Å²) in [6, 6.07) is 3.73. The van der Waals surface area contributed by atoms with Gasteiger partial charge in [0.2, 0.25) is 6.79 Å². The van der Waals surface area contributed by atoms with Crippen LogP contribution in [0.1, 0.15) is 31.7 Å². The van der Waals surface area contributed by atoms with Gasteiger partial charge < -0.3 is 24.1 Å². The third-order valence-electron chi connectivity index (χ3n) is 7.03. The van der Waals surface area contributed by atoms with Crippen molar-refractivity contribution >= 4 is 5.78 Å². The summed E-state index contributed by atoms with van der Waals surface area (Å²) in [6.45, 7) is 4.38. The Bertz CT molecular complexity index is 908. The van der Waals surface area contributed by atoms with E-state index in [1.54, 1.807) is 0 Å². The van der Waals surface area contributed by atoms with Crippen LogP contribution >= 0.6 is 0 Å². The molecule has 2 aliphatic carbocycles. The van der Waals surface area contributed by atoms with Gasteiger partial charge in [0, 0.05) is 23.6 Å². The molecule has 0 radical (unpaired) electrons. The van der Waals surface area contributed by atoms with Crippen molar-refractivity contribution < 1.29 is 33.6 Å². The second kappa shape index (κ2) is 4.77. The molecule has 27 heavy (non-hydrogen) atoms. The van der Waals surface area contributed by atoms with Crippen LogP contribution in [0.15, 0.2) is 24.0 Å². The number of ketones is 1. The number of carbonyl (C=O) groups excluding carboxylic acids is 1. The lowest BCUT2D eigenvalue weighted by Gasteiger charge is -2.58. The van der Waals surface area contributed by atoms with E-state index in [0.29, 0.717) is 29.4 Å².